The van der Waals surface area contributed by atoms with Gasteiger partial charge >= 0.3 is 5.97 Å². The Morgan fingerprint density at radius 2 is 1.96 bits per heavy atom. The van der Waals surface area contributed by atoms with Crippen molar-refractivity contribution < 1.29 is 13.9 Å². The summed E-state index contributed by atoms with van der Waals surface area (Å²) in [5, 5.41) is 3.90. The summed E-state index contributed by atoms with van der Waals surface area (Å²) in [5.74, 6) is -1.03. The SMILES string of the molecule is CC(C)(C)OC(=O)c1cc(F)cc2cc(N3CCNCC3)cnc12. The third kappa shape index (κ3) is 3.64. The van der Waals surface area contributed by atoms with Crippen molar-refractivity contribution in [1.29, 1.82) is 0 Å². The van der Waals surface area contributed by atoms with Crippen molar-refractivity contribution in [2.45, 2.75) is 26.4 Å². The lowest BCUT2D eigenvalue weighted by Crippen LogP contribution is -2.43. The third-order valence-corrected chi connectivity index (χ3v) is 3.83. The fraction of sp³-hybridized carbons (Fsp3) is 0.444. The normalized spacial score (nSPS) is 15.6. The number of hydrogen-bond donors (Lipinski definition) is 1. The second kappa shape index (κ2) is 6.36. The number of anilines is 1. The molecule has 1 saturated heterocycles. The van der Waals surface area contributed by atoms with Gasteiger partial charge in [-0.2, -0.15) is 0 Å². The highest BCUT2D eigenvalue weighted by molar-refractivity contribution is 6.03. The number of hydrogen-bond acceptors (Lipinski definition) is 5. The lowest BCUT2D eigenvalue weighted by Gasteiger charge is -2.29. The average Bonchev–Trinajstić information content (AvgIpc) is 2.52. The average molecular weight is 331 g/mol. The van der Waals surface area contributed by atoms with Gasteiger partial charge in [-0.15, -0.1) is 0 Å². The number of halogens is 1. The number of esters is 1. The van der Waals surface area contributed by atoms with Crippen LogP contribution in [-0.2, 0) is 4.74 Å². The summed E-state index contributed by atoms with van der Waals surface area (Å²) >= 11 is 0. The summed E-state index contributed by atoms with van der Waals surface area (Å²) in [6.45, 7) is 8.91. The van der Waals surface area contributed by atoms with Crippen LogP contribution in [0.4, 0.5) is 10.1 Å². The monoisotopic (exact) mass is 331 g/mol. The Morgan fingerprint density at radius 1 is 1.25 bits per heavy atom. The Kier molecular flexibility index (Phi) is 4.41. The number of nitrogens with one attached hydrogen (secondary N) is 1. The minimum absolute atomic E-state index is 0.159. The van der Waals surface area contributed by atoms with Crippen LogP contribution in [0.25, 0.3) is 10.9 Å². The summed E-state index contributed by atoms with van der Waals surface area (Å²) in [6.07, 6.45) is 1.74. The molecule has 0 amide bonds. The zero-order chi connectivity index (χ0) is 17.3. The fourth-order valence-corrected chi connectivity index (χ4v) is 2.79. The van der Waals surface area contributed by atoms with E-state index in [1.165, 1.54) is 12.1 Å². The molecule has 0 unspecified atom stereocenters. The van der Waals surface area contributed by atoms with E-state index < -0.39 is 17.4 Å². The first-order chi connectivity index (χ1) is 11.3. The van der Waals surface area contributed by atoms with Gasteiger partial charge in [-0.05, 0) is 39.0 Å². The number of nitrogens with zero attached hydrogens (tertiary/aromatic N) is 2. The molecular weight excluding hydrogens is 309 g/mol. The van der Waals surface area contributed by atoms with Gasteiger partial charge < -0.3 is 15.0 Å². The second-order valence-electron chi connectivity index (χ2n) is 6.96. The van der Waals surface area contributed by atoms with Crippen LogP contribution >= 0.6 is 0 Å². The molecule has 2 aromatic rings. The van der Waals surface area contributed by atoms with Crippen LogP contribution in [0.3, 0.4) is 0 Å². The number of benzene rings is 1. The molecule has 1 aliphatic heterocycles. The molecule has 0 aliphatic carbocycles. The molecule has 1 N–H and O–H groups in total. The zero-order valence-electron chi connectivity index (χ0n) is 14.2. The summed E-state index contributed by atoms with van der Waals surface area (Å²) in [5.41, 5.74) is 0.914. The Bertz CT molecular complexity index is 765. The molecule has 6 heteroatoms. The van der Waals surface area contributed by atoms with Crippen molar-refractivity contribution >= 4 is 22.6 Å². The van der Waals surface area contributed by atoms with Gasteiger partial charge in [0.15, 0.2) is 0 Å². The van der Waals surface area contributed by atoms with Crippen molar-refractivity contribution in [2.75, 3.05) is 31.1 Å². The Balaban J connectivity index is 2.00. The Hall–Kier alpha value is -2.21. The summed E-state index contributed by atoms with van der Waals surface area (Å²) in [7, 11) is 0. The van der Waals surface area contributed by atoms with Gasteiger partial charge in [0.25, 0.3) is 0 Å². The maximum Gasteiger partial charge on any atom is 0.340 e. The summed E-state index contributed by atoms with van der Waals surface area (Å²) in [4.78, 5) is 19.0. The van der Waals surface area contributed by atoms with Crippen molar-refractivity contribution in [3.63, 3.8) is 0 Å². The number of carbonyl (C=O) groups is 1. The number of ether oxygens (including phenoxy) is 1. The molecule has 1 aromatic heterocycles. The molecule has 24 heavy (non-hydrogen) atoms. The predicted octanol–water partition coefficient (Wildman–Crippen LogP) is 2.74. The molecular formula is C18H22FN3O2. The van der Waals surface area contributed by atoms with Crippen LogP contribution in [0.15, 0.2) is 24.4 Å². The highest BCUT2D eigenvalue weighted by Crippen LogP contribution is 2.25. The fourth-order valence-electron chi connectivity index (χ4n) is 2.79. The van der Waals surface area contributed by atoms with Gasteiger partial charge in [0, 0.05) is 31.6 Å². The van der Waals surface area contributed by atoms with E-state index in [4.69, 9.17) is 4.74 Å². The first kappa shape index (κ1) is 16.6. The van der Waals surface area contributed by atoms with Crippen LogP contribution in [0, 0.1) is 5.82 Å². The molecule has 0 atom stereocenters. The van der Waals surface area contributed by atoms with E-state index in [1.54, 1.807) is 27.0 Å². The van der Waals surface area contributed by atoms with E-state index >= 15 is 0 Å². The van der Waals surface area contributed by atoms with Crippen LogP contribution in [0.1, 0.15) is 31.1 Å². The molecule has 128 valence electrons. The quantitative estimate of drug-likeness (QED) is 0.858. The molecule has 5 nitrogen and oxygen atoms in total. The summed E-state index contributed by atoms with van der Waals surface area (Å²) in [6, 6.07) is 4.47. The molecule has 0 saturated carbocycles. The van der Waals surface area contributed by atoms with Gasteiger partial charge in [0.2, 0.25) is 0 Å². The minimum Gasteiger partial charge on any atom is -0.456 e. The Labute approximate surface area is 140 Å². The van der Waals surface area contributed by atoms with E-state index in [-0.39, 0.29) is 5.56 Å². The Morgan fingerprint density at radius 3 is 2.62 bits per heavy atom. The van der Waals surface area contributed by atoms with Crippen molar-refractivity contribution in [3.8, 4) is 0 Å². The lowest BCUT2D eigenvalue weighted by atomic mass is 10.1. The molecule has 3 rings (SSSR count). The van der Waals surface area contributed by atoms with Crippen LogP contribution < -0.4 is 10.2 Å². The van der Waals surface area contributed by atoms with Gasteiger partial charge in [-0.1, -0.05) is 0 Å². The first-order valence-corrected chi connectivity index (χ1v) is 8.12. The van der Waals surface area contributed by atoms with Crippen molar-refractivity contribution in [2.24, 2.45) is 0 Å². The third-order valence-electron chi connectivity index (χ3n) is 3.83. The van der Waals surface area contributed by atoms with E-state index in [0.29, 0.717) is 10.9 Å². The standard InChI is InChI=1S/C18H22FN3O2/c1-18(2,3)24-17(23)15-10-13(19)8-12-9-14(11-21-16(12)15)22-6-4-20-5-7-22/h8-11,20H,4-7H2,1-3H3. The number of piperazine rings is 1. The molecule has 0 spiro atoms. The number of aromatic nitrogens is 1. The number of pyridine rings is 1. The van der Waals surface area contributed by atoms with Crippen molar-refractivity contribution in [1.82, 2.24) is 10.3 Å². The minimum atomic E-state index is -0.642. The molecule has 1 aliphatic rings. The lowest BCUT2D eigenvalue weighted by molar-refractivity contribution is 0.00711. The van der Waals surface area contributed by atoms with Gasteiger partial charge in [-0.25, -0.2) is 9.18 Å². The first-order valence-electron chi connectivity index (χ1n) is 8.12. The van der Waals surface area contributed by atoms with E-state index in [2.05, 4.69) is 15.2 Å². The van der Waals surface area contributed by atoms with Crippen molar-refractivity contribution in [3.05, 3.63) is 35.8 Å². The number of carbonyl (C=O) groups excluding carboxylic acids is 1. The number of fused-ring (bicyclic) bond motifs is 1. The molecule has 0 bridgehead atoms. The van der Waals surface area contributed by atoms with Crippen LogP contribution in [-0.4, -0.2) is 42.7 Å². The van der Waals surface area contributed by atoms with Gasteiger partial charge in [0.05, 0.1) is 23.0 Å². The highest BCUT2D eigenvalue weighted by atomic mass is 19.1. The maximum absolute atomic E-state index is 14.0. The molecule has 2 heterocycles. The second-order valence-corrected chi connectivity index (χ2v) is 6.96. The molecule has 0 radical (unpaired) electrons. The van der Waals surface area contributed by atoms with E-state index in [1.807, 2.05) is 6.07 Å². The maximum atomic E-state index is 14.0. The topological polar surface area (TPSA) is 54.5 Å². The smallest absolute Gasteiger partial charge is 0.340 e. The van der Waals surface area contributed by atoms with E-state index in [9.17, 15) is 9.18 Å². The zero-order valence-corrected chi connectivity index (χ0v) is 14.2. The van der Waals surface area contributed by atoms with Crippen LogP contribution in [0.2, 0.25) is 0 Å². The number of rotatable bonds is 2. The molecule has 1 fully saturated rings. The van der Waals surface area contributed by atoms with Gasteiger partial charge in [0.1, 0.15) is 11.4 Å². The predicted molar refractivity (Wildman–Crippen MR) is 92.0 cm³/mol. The van der Waals surface area contributed by atoms with E-state index in [0.717, 1.165) is 31.9 Å². The summed E-state index contributed by atoms with van der Waals surface area (Å²) < 4.78 is 19.4. The largest absolute Gasteiger partial charge is 0.456 e. The highest BCUT2D eigenvalue weighted by Gasteiger charge is 2.22. The van der Waals surface area contributed by atoms with Crippen LogP contribution in [0.5, 0.6) is 0 Å². The molecule has 1 aromatic carbocycles. The van der Waals surface area contributed by atoms with Gasteiger partial charge in [-0.3, -0.25) is 4.98 Å².